The van der Waals surface area contributed by atoms with Crippen LogP contribution in [0.4, 0.5) is 0 Å². The topological polar surface area (TPSA) is 15.3 Å². The quantitative estimate of drug-likeness (QED) is 0.675. The number of aryl methyl sites for hydroxylation is 1. The molecular formula is C14H24N2. The van der Waals surface area contributed by atoms with Crippen molar-refractivity contribution in [3.63, 3.8) is 0 Å². The molecule has 0 saturated carbocycles. The Labute approximate surface area is 99.7 Å². The maximum absolute atomic E-state index is 3.17. The standard InChI is InChI=1S/C14H24N2/c1-15-11-13-16(2)12-7-6-10-14-8-4-3-5-9-14/h3-5,8-9,15H,6-7,10-13H2,1-2H3. The van der Waals surface area contributed by atoms with Crippen molar-refractivity contribution in [1.82, 2.24) is 10.2 Å². The molecule has 2 nitrogen and oxygen atoms in total. The smallest absolute Gasteiger partial charge is 0.0104 e. The molecule has 2 heteroatoms. The van der Waals surface area contributed by atoms with Crippen LogP contribution in [0, 0.1) is 0 Å². The minimum absolute atomic E-state index is 1.08. The summed E-state index contributed by atoms with van der Waals surface area (Å²) in [6.07, 6.45) is 3.78. The van der Waals surface area contributed by atoms with Gasteiger partial charge in [0.15, 0.2) is 0 Å². The number of benzene rings is 1. The maximum atomic E-state index is 3.17. The van der Waals surface area contributed by atoms with Crippen molar-refractivity contribution in [2.24, 2.45) is 0 Å². The lowest BCUT2D eigenvalue weighted by molar-refractivity contribution is 0.327. The predicted octanol–water partition coefficient (Wildman–Crippen LogP) is 2.16. The first kappa shape index (κ1) is 13.2. The fraction of sp³-hybridized carbons (Fsp3) is 0.571. The molecule has 0 saturated heterocycles. The third-order valence-electron chi connectivity index (χ3n) is 2.84. The van der Waals surface area contributed by atoms with Crippen LogP contribution in [0.1, 0.15) is 18.4 Å². The summed E-state index contributed by atoms with van der Waals surface area (Å²) in [5.74, 6) is 0. The predicted molar refractivity (Wildman–Crippen MR) is 70.8 cm³/mol. The van der Waals surface area contributed by atoms with E-state index in [1.165, 1.54) is 31.4 Å². The molecule has 0 aliphatic heterocycles. The molecule has 0 atom stereocenters. The van der Waals surface area contributed by atoms with E-state index < -0.39 is 0 Å². The highest BCUT2D eigenvalue weighted by Gasteiger charge is 1.97. The van der Waals surface area contributed by atoms with E-state index in [9.17, 15) is 0 Å². The highest BCUT2D eigenvalue weighted by atomic mass is 15.1. The van der Waals surface area contributed by atoms with Crippen molar-refractivity contribution < 1.29 is 0 Å². The molecule has 90 valence electrons. The molecule has 0 aliphatic carbocycles. The minimum Gasteiger partial charge on any atom is -0.318 e. The molecule has 0 unspecified atom stereocenters. The van der Waals surface area contributed by atoms with Gasteiger partial charge in [0.05, 0.1) is 0 Å². The third-order valence-corrected chi connectivity index (χ3v) is 2.84. The second-order valence-corrected chi connectivity index (χ2v) is 4.35. The summed E-state index contributed by atoms with van der Waals surface area (Å²) >= 11 is 0. The largest absolute Gasteiger partial charge is 0.318 e. The minimum atomic E-state index is 1.08. The fourth-order valence-electron chi connectivity index (χ4n) is 1.77. The van der Waals surface area contributed by atoms with Gasteiger partial charge in [-0.2, -0.15) is 0 Å². The average Bonchev–Trinajstić information content (AvgIpc) is 2.33. The molecule has 1 rings (SSSR count). The Bertz CT molecular complexity index is 259. The summed E-state index contributed by atoms with van der Waals surface area (Å²) in [6, 6.07) is 10.7. The zero-order chi connectivity index (χ0) is 11.6. The molecule has 1 aromatic carbocycles. The van der Waals surface area contributed by atoms with Gasteiger partial charge in [0.1, 0.15) is 0 Å². The Morgan fingerprint density at radius 2 is 1.81 bits per heavy atom. The number of unbranched alkanes of at least 4 members (excludes halogenated alkanes) is 1. The zero-order valence-electron chi connectivity index (χ0n) is 10.6. The van der Waals surface area contributed by atoms with Crippen LogP contribution in [-0.4, -0.2) is 38.6 Å². The van der Waals surface area contributed by atoms with Crippen molar-refractivity contribution >= 4 is 0 Å². The van der Waals surface area contributed by atoms with Gasteiger partial charge in [-0.1, -0.05) is 30.3 Å². The number of likely N-dealkylation sites (N-methyl/N-ethyl adjacent to an activating group) is 2. The van der Waals surface area contributed by atoms with Gasteiger partial charge < -0.3 is 10.2 Å². The fourth-order valence-corrected chi connectivity index (χ4v) is 1.77. The van der Waals surface area contributed by atoms with E-state index in [-0.39, 0.29) is 0 Å². The van der Waals surface area contributed by atoms with Crippen LogP contribution in [0.15, 0.2) is 30.3 Å². The van der Waals surface area contributed by atoms with Gasteiger partial charge in [0.2, 0.25) is 0 Å². The summed E-state index contributed by atoms with van der Waals surface area (Å²) in [5, 5.41) is 3.17. The molecular weight excluding hydrogens is 196 g/mol. The summed E-state index contributed by atoms with van der Waals surface area (Å²) in [7, 11) is 4.20. The lowest BCUT2D eigenvalue weighted by atomic mass is 10.1. The van der Waals surface area contributed by atoms with Crippen molar-refractivity contribution in [2.45, 2.75) is 19.3 Å². The van der Waals surface area contributed by atoms with E-state index in [2.05, 4.69) is 47.6 Å². The first-order valence-corrected chi connectivity index (χ1v) is 6.20. The van der Waals surface area contributed by atoms with Crippen molar-refractivity contribution in [1.29, 1.82) is 0 Å². The van der Waals surface area contributed by atoms with E-state index in [0.29, 0.717) is 0 Å². The van der Waals surface area contributed by atoms with Crippen LogP contribution >= 0.6 is 0 Å². The second-order valence-electron chi connectivity index (χ2n) is 4.35. The van der Waals surface area contributed by atoms with E-state index >= 15 is 0 Å². The summed E-state index contributed by atoms with van der Waals surface area (Å²) in [4.78, 5) is 2.39. The van der Waals surface area contributed by atoms with Gasteiger partial charge in [-0.15, -0.1) is 0 Å². The first-order chi connectivity index (χ1) is 7.83. The van der Waals surface area contributed by atoms with E-state index in [1.807, 2.05) is 7.05 Å². The summed E-state index contributed by atoms with van der Waals surface area (Å²) < 4.78 is 0. The van der Waals surface area contributed by atoms with Gasteiger partial charge in [-0.25, -0.2) is 0 Å². The summed E-state index contributed by atoms with van der Waals surface area (Å²) in [5.41, 5.74) is 1.46. The SMILES string of the molecule is CNCCN(C)CCCCc1ccccc1. The number of hydrogen-bond donors (Lipinski definition) is 1. The van der Waals surface area contributed by atoms with Crippen molar-refractivity contribution in [3.8, 4) is 0 Å². The van der Waals surface area contributed by atoms with E-state index in [0.717, 1.165) is 13.1 Å². The van der Waals surface area contributed by atoms with Crippen LogP contribution < -0.4 is 5.32 Å². The normalized spacial score (nSPS) is 10.9. The first-order valence-electron chi connectivity index (χ1n) is 6.20. The Hall–Kier alpha value is -0.860. The van der Waals surface area contributed by atoms with Crippen LogP contribution in [0.2, 0.25) is 0 Å². The number of nitrogens with one attached hydrogen (secondary N) is 1. The monoisotopic (exact) mass is 220 g/mol. The van der Waals surface area contributed by atoms with Crippen molar-refractivity contribution in [2.75, 3.05) is 33.7 Å². The lowest BCUT2D eigenvalue weighted by Crippen LogP contribution is -2.28. The number of rotatable bonds is 8. The van der Waals surface area contributed by atoms with Crippen LogP contribution in [0.25, 0.3) is 0 Å². The second kappa shape index (κ2) is 8.31. The molecule has 0 aliphatic rings. The van der Waals surface area contributed by atoms with Gasteiger partial charge in [0.25, 0.3) is 0 Å². The molecule has 0 bridgehead atoms. The molecule has 1 N–H and O–H groups in total. The third kappa shape index (κ3) is 5.89. The van der Waals surface area contributed by atoms with Gasteiger partial charge in [-0.3, -0.25) is 0 Å². The molecule has 1 aromatic rings. The Morgan fingerprint density at radius 3 is 2.50 bits per heavy atom. The van der Waals surface area contributed by atoms with Crippen molar-refractivity contribution in [3.05, 3.63) is 35.9 Å². The maximum Gasteiger partial charge on any atom is 0.0104 e. The molecule has 0 radical (unpaired) electrons. The Kier molecular flexibility index (Phi) is 6.86. The van der Waals surface area contributed by atoms with Crippen LogP contribution in [0.5, 0.6) is 0 Å². The van der Waals surface area contributed by atoms with Gasteiger partial charge >= 0.3 is 0 Å². The molecule has 0 heterocycles. The zero-order valence-corrected chi connectivity index (χ0v) is 10.6. The molecule has 0 amide bonds. The number of hydrogen-bond acceptors (Lipinski definition) is 2. The Balaban J connectivity index is 2.03. The van der Waals surface area contributed by atoms with Gasteiger partial charge in [0, 0.05) is 13.1 Å². The summed E-state index contributed by atoms with van der Waals surface area (Å²) in [6.45, 7) is 3.42. The Morgan fingerprint density at radius 1 is 1.06 bits per heavy atom. The van der Waals surface area contributed by atoms with E-state index in [4.69, 9.17) is 0 Å². The van der Waals surface area contributed by atoms with E-state index in [1.54, 1.807) is 0 Å². The molecule has 0 spiro atoms. The van der Waals surface area contributed by atoms with Gasteiger partial charge in [-0.05, 0) is 45.5 Å². The average molecular weight is 220 g/mol. The molecule has 0 fully saturated rings. The number of nitrogens with zero attached hydrogens (tertiary/aromatic N) is 1. The van der Waals surface area contributed by atoms with Crippen LogP contribution in [0.3, 0.4) is 0 Å². The highest BCUT2D eigenvalue weighted by molar-refractivity contribution is 5.14. The molecule has 16 heavy (non-hydrogen) atoms. The lowest BCUT2D eigenvalue weighted by Gasteiger charge is -2.15. The molecule has 0 aromatic heterocycles. The van der Waals surface area contributed by atoms with Crippen LogP contribution in [-0.2, 0) is 6.42 Å². The highest BCUT2D eigenvalue weighted by Crippen LogP contribution is 2.04.